The van der Waals surface area contributed by atoms with Crippen LogP contribution in [-0.4, -0.2) is 19.8 Å². The van der Waals surface area contributed by atoms with Crippen molar-refractivity contribution in [1.29, 1.82) is 0 Å². The Hall–Kier alpha value is -1.02. The van der Waals surface area contributed by atoms with E-state index in [2.05, 4.69) is 24.5 Å². The van der Waals surface area contributed by atoms with Crippen molar-refractivity contribution < 1.29 is 9.47 Å². The van der Waals surface area contributed by atoms with E-state index in [0.29, 0.717) is 13.2 Å². The molecule has 70 valence electrons. The minimum absolute atomic E-state index is 0.617. The molecule has 0 fully saturated rings. The average molecular weight is 170 g/mol. The lowest BCUT2D eigenvalue weighted by molar-refractivity contribution is 0.194. The van der Waals surface area contributed by atoms with Crippen molar-refractivity contribution in [2.75, 3.05) is 19.8 Å². The smallest absolute Gasteiger partial charge is 0.0844 e. The predicted octanol–water partition coefficient (Wildman–Crippen LogP) is 2.54. The monoisotopic (exact) mass is 170 g/mol. The molecule has 0 aromatic heterocycles. The number of hydrogen-bond acceptors (Lipinski definition) is 2. The molecule has 0 atom stereocenters. The second kappa shape index (κ2) is 16.5. The fraction of sp³-hybridized carbons (Fsp3) is 0.400. The first-order chi connectivity index (χ1) is 5.83. The van der Waals surface area contributed by atoms with Crippen LogP contribution >= 0.6 is 0 Å². The van der Waals surface area contributed by atoms with Crippen LogP contribution in [0.1, 0.15) is 6.92 Å². The Morgan fingerprint density at radius 2 is 1.58 bits per heavy atom. The van der Waals surface area contributed by atoms with E-state index in [1.807, 2.05) is 6.92 Å². The first kappa shape index (κ1) is 13.6. The molecule has 0 amide bonds. The first-order valence-corrected chi connectivity index (χ1v) is 3.85. The minimum Gasteiger partial charge on any atom is -0.502 e. The summed E-state index contributed by atoms with van der Waals surface area (Å²) in [6.45, 7) is 14.2. The highest BCUT2D eigenvalue weighted by atomic mass is 16.5. The van der Waals surface area contributed by atoms with Crippen molar-refractivity contribution in [3.63, 3.8) is 0 Å². The van der Waals surface area contributed by atoms with Gasteiger partial charge in [-0.2, -0.15) is 0 Å². The van der Waals surface area contributed by atoms with Gasteiger partial charge in [0.2, 0.25) is 0 Å². The molecule has 0 radical (unpaired) electrons. The van der Waals surface area contributed by atoms with Crippen molar-refractivity contribution >= 4 is 0 Å². The highest BCUT2D eigenvalue weighted by molar-refractivity contribution is 4.68. The Balaban J connectivity index is 0. The topological polar surface area (TPSA) is 18.5 Å². The summed E-state index contributed by atoms with van der Waals surface area (Å²) >= 11 is 0. The van der Waals surface area contributed by atoms with Gasteiger partial charge in [0.15, 0.2) is 0 Å². The third kappa shape index (κ3) is 23.1. The maximum atomic E-state index is 4.90. The van der Waals surface area contributed by atoms with E-state index in [1.165, 1.54) is 6.26 Å². The van der Waals surface area contributed by atoms with Crippen LogP contribution in [0.4, 0.5) is 0 Å². The molecule has 0 saturated carbocycles. The van der Waals surface area contributed by atoms with E-state index in [9.17, 15) is 0 Å². The van der Waals surface area contributed by atoms with Gasteiger partial charge in [-0.3, -0.25) is 0 Å². The van der Waals surface area contributed by atoms with Gasteiger partial charge in [0.25, 0.3) is 0 Å². The molecule has 0 rings (SSSR count). The van der Waals surface area contributed by atoms with Crippen LogP contribution in [0, 0.1) is 0 Å². The lowest BCUT2D eigenvalue weighted by atomic mass is 10.6. The molecule has 2 heteroatoms. The SMILES string of the molecule is C=CCOCC=C.C=COCC. The Labute approximate surface area is 75.2 Å². The molecule has 0 aromatic carbocycles. The van der Waals surface area contributed by atoms with Crippen LogP contribution < -0.4 is 0 Å². The van der Waals surface area contributed by atoms with Gasteiger partial charge in [-0.25, -0.2) is 0 Å². The lowest BCUT2D eigenvalue weighted by Gasteiger charge is -1.89. The van der Waals surface area contributed by atoms with Gasteiger partial charge in [0.05, 0.1) is 26.1 Å². The lowest BCUT2D eigenvalue weighted by Crippen LogP contribution is -1.87. The molecule has 2 nitrogen and oxygen atoms in total. The molecule has 0 bridgehead atoms. The molecule has 0 unspecified atom stereocenters. The summed E-state index contributed by atoms with van der Waals surface area (Å²) in [6.07, 6.45) is 4.85. The van der Waals surface area contributed by atoms with Crippen molar-refractivity contribution in [2.45, 2.75) is 6.92 Å². The number of ether oxygens (including phenoxy) is 2. The minimum atomic E-state index is 0.617. The summed E-state index contributed by atoms with van der Waals surface area (Å²) in [5.74, 6) is 0. The molecule has 0 N–H and O–H groups in total. The number of hydrogen-bond donors (Lipinski definition) is 0. The zero-order chi connectivity index (χ0) is 9.66. The van der Waals surface area contributed by atoms with Crippen LogP contribution in [0.3, 0.4) is 0 Å². The van der Waals surface area contributed by atoms with E-state index in [4.69, 9.17) is 4.74 Å². The summed E-state index contributed by atoms with van der Waals surface area (Å²) in [4.78, 5) is 0. The van der Waals surface area contributed by atoms with Crippen LogP contribution in [0.15, 0.2) is 38.2 Å². The Morgan fingerprint density at radius 3 is 1.75 bits per heavy atom. The fourth-order valence-corrected chi connectivity index (χ4v) is 0.353. The Bertz CT molecular complexity index is 100. The molecule has 0 aliphatic rings. The summed E-state index contributed by atoms with van der Waals surface area (Å²) in [5, 5.41) is 0. The summed E-state index contributed by atoms with van der Waals surface area (Å²) in [6, 6.07) is 0. The van der Waals surface area contributed by atoms with Gasteiger partial charge in [0, 0.05) is 0 Å². The molecule has 0 aliphatic carbocycles. The van der Waals surface area contributed by atoms with Crippen molar-refractivity contribution in [3.8, 4) is 0 Å². The summed E-state index contributed by atoms with van der Waals surface area (Å²) < 4.78 is 9.49. The van der Waals surface area contributed by atoms with Gasteiger partial charge in [-0.1, -0.05) is 18.7 Å². The molecule has 0 aromatic rings. The molecule has 0 spiro atoms. The quantitative estimate of drug-likeness (QED) is 0.346. The molecule has 0 saturated heterocycles. The van der Waals surface area contributed by atoms with Crippen LogP contribution in [0.5, 0.6) is 0 Å². The number of rotatable bonds is 6. The maximum Gasteiger partial charge on any atom is 0.0844 e. The third-order valence-corrected chi connectivity index (χ3v) is 0.756. The van der Waals surface area contributed by atoms with Crippen LogP contribution in [-0.2, 0) is 9.47 Å². The van der Waals surface area contributed by atoms with Gasteiger partial charge in [-0.05, 0) is 6.92 Å². The van der Waals surface area contributed by atoms with E-state index in [0.717, 1.165) is 6.61 Å². The van der Waals surface area contributed by atoms with Crippen molar-refractivity contribution in [1.82, 2.24) is 0 Å². The Morgan fingerprint density at radius 1 is 1.08 bits per heavy atom. The zero-order valence-corrected chi connectivity index (χ0v) is 7.79. The van der Waals surface area contributed by atoms with E-state index >= 15 is 0 Å². The van der Waals surface area contributed by atoms with E-state index in [-0.39, 0.29) is 0 Å². The first-order valence-electron chi connectivity index (χ1n) is 3.85. The fourth-order valence-electron chi connectivity index (χ4n) is 0.353. The summed E-state index contributed by atoms with van der Waals surface area (Å²) in [5.41, 5.74) is 0. The molecular weight excluding hydrogens is 152 g/mol. The predicted molar refractivity (Wildman–Crippen MR) is 53.0 cm³/mol. The maximum absolute atomic E-state index is 4.90. The van der Waals surface area contributed by atoms with Gasteiger partial charge < -0.3 is 9.47 Å². The standard InChI is InChI=1S/C6H10O.C4H8O/c1-3-5-7-6-4-2;1-3-5-4-2/h3-4H,1-2,5-6H2;3H,1,4H2,2H3. The van der Waals surface area contributed by atoms with Crippen LogP contribution in [0.25, 0.3) is 0 Å². The highest BCUT2D eigenvalue weighted by Gasteiger charge is 1.70. The Kier molecular flexibility index (Phi) is 18.7. The van der Waals surface area contributed by atoms with Crippen LogP contribution in [0.2, 0.25) is 0 Å². The molecular formula is C10H18O2. The van der Waals surface area contributed by atoms with Crippen molar-refractivity contribution in [2.24, 2.45) is 0 Å². The van der Waals surface area contributed by atoms with E-state index < -0.39 is 0 Å². The van der Waals surface area contributed by atoms with Gasteiger partial charge in [-0.15, -0.1) is 13.2 Å². The van der Waals surface area contributed by atoms with Crippen molar-refractivity contribution in [3.05, 3.63) is 38.2 Å². The second-order valence-corrected chi connectivity index (χ2v) is 1.74. The zero-order valence-electron chi connectivity index (χ0n) is 7.79. The average Bonchev–Trinajstić information content (AvgIpc) is 2.08. The second-order valence-electron chi connectivity index (χ2n) is 1.74. The molecule has 12 heavy (non-hydrogen) atoms. The normalized spacial score (nSPS) is 7.42. The summed E-state index contributed by atoms with van der Waals surface area (Å²) in [7, 11) is 0. The molecule has 0 aliphatic heterocycles. The van der Waals surface area contributed by atoms with Gasteiger partial charge in [0.1, 0.15) is 0 Å². The highest BCUT2D eigenvalue weighted by Crippen LogP contribution is 1.72. The molecule has 0 heterocycles. The van der Waals surface area contributed by atoms with Gasteiger partial charge >= 0.3 is 0 Å². The largest absolute Gasteiger partial charge is 0.502 e. The van der Waals surface area contributed by atoms with E-state index in [1.54, 1.807) is 12.2 Å². The third-order valence-electron chi connectivity index (χ3n) is 0.756.